The summed E-state index contributed by atoms with van der Waals surface area (Å²) in [6, 6.07) is 0. The number of esters is 1. The molecule has 0 unspecified atom stereocenters. The average Bonchev–Trinajstić information content (AvgIpc) is 2.27. The average molecular weight is 221 g/mol. The summed E-state index contributed by atoms with van der Waals surface area (Å²) < 4.78 is 4.69. The third-order valence-electron chi connectivity index (χ3n) is 1.45. The van der Waals surface area contributed by atoms with Crippen molar-refractivity contribution in [3.8, 4) is 0 Å². The lowest BCUT2D eigenvalue weighted by molar-refractivity contribution is -0.137. The van der Waals surface area contributed by atoms with Crippen LogP contribution < -0.4 is 0 Å². The van der Waals surface area contributed by atoms with Gasteiger partial charge in [0.1, 0.15) is 0 Å². The monoisotopic (exact) mass is 221 g/mol. The highest BCUT2D eigenvalue weighted by molar-refractivity contribution is 5.82. The number of hydrogen-bond donors (Lipinski definition) is 0. The highest BCUT2D eigenvalue weighted by Gasteiger charge is 1.89. The highest BCUT2D eigenvalue weighted by Crippen LogP contribution is 1.87. The van der Waals surface area contributed by atoms with Crippen LogP contribution in [0.15, 0.2) is 41.6 Å². The first-order valence-electron chi connectivity index (χ1n) is 4.98. The zero-order valence-corrected chi connectivity index (χ0v) is 9.24. The lowest BCUT2D eigenvalue weighted by atomic mass is 10.3. The number of rotatable bonds is 7. The summed E-state index contributed by atoms with van der Waals surface area (Å²) in [5.74, 6) is -0.348. The Morgan fingerprint density at radius 3 is 2.81 bits per heavy atom. The Balaban J connectivity index is 3.68. The molecule has 0 atom stereocenters. The second-order valence-corrected chi connectivity index (χ2v) is 2.67. The van der Waals surface area contributed by atoms with Crippen LogP contribution in [0.5, 0.6) is 0 Å². The molecule has 0 heterocycles. The fourth-order valence-electron chi connectivity index (χ4n) is 0.805. The third-order valence-corrected chi connectivity index (χ3v) is 1.45. The van der Waals surface area contributed by atoms with Crippen molar-refractivity contribution in [1.82, 2.24) is 0 Å². The van der Waals surface area contributed by atoms with Gasteiger partial charge in [-0.2, -0.15) is 0 Å². The van der Waals surface area contributed by atoms with Gasteiger partial charge >= 0.3 is 5.97 Å². The van der Waals surface area contributed by atoms with Crippen molar-refractivity contribution in [2.24, 2.45) is 5.11 Å². The maximum Gasteiger partial charge on any atom is 0.330 e. The fourth-order valence-corrected chi connectivity index (χ4v) is 0.805. The van der Waals surface area contributed by atoms with E-state index in [9.17, 15) is 4.79 Å². The van der Waals surface area contributed by atoms with Crippen molar-refractivity contribution in [2.45, 2.75) is 13.3 Å². The summed E-state index contributed by atoms with van der Waals surface area (Å²) in [5.41, 5.74) is 8.00. The van der Waals surface area contributed by atoms with E-state index in [1.807, 2.05) is 12.2 Å². The van der Waals surface area contributed by atoms with E-state index in [0.717, 1.165) is 0 Å². The van der Waals surface area contributed by atoms with Crippen LogP contribution in [0.2, 0.25) is 0 Å². The molecule has 0 saturated carbocycles. The molecule has 0 rings (SSSR count). The maximum atomic E-state index is 10.8. The molecule has 0 aliphatic carbocycles. The second kappa shape index (κ2) is 11.1. The summed E-state index contributed by atoms with van der Waals surface area (Å²) >= 11 is 0. The smallest absolute Gasteiger partial charge is 0.330 e. The topological polar surface area (TPSA) is 75.1 Å². The van der Waals surface area contributed by atoms with Crippen molar-refractivity contribution in [2.75, 3.05) is 13.2 Å². The Labute approximate surface area is 94.7 Å². The van der Waals surface area contributed by atoms with E-state index in [4.69, 9.17) is 5.53 Å². The fraction of sp³-hybridized carbons (Fsp3) is 0.364. The summed E-state index contributed by atoms with van der Waals surface area (Å²) in [5, 5.41) is 3.38. The lowest BCUT2D eigenvalue weighted by Gasteiger charge is -1.92. The normalized spacial score (nSPS) is 11.1. The van der Waals surface area contributed by atoms with Crippen LogP contribution >= 0.6 is 0 Å². The summed E-state index contributed by atoms with van der Waals surface area (Å²) in [7, 11) is 0. The number of azide groups is 1. The zero-order valence-electron chi connectivity index (χ0n) is 9.24. The molecule has 0 fully saturated rings. The molecule has 0 aromatic carbocycles. The van der Waals surface area contributed by atoms with E-state index in [1.165, 1.54) is 6.08 Å². The van der Waals surface area contributed by atoms with Gasteiger partial charge < -0.3 is 4.74 Å². The molecule has 0 bridgehead atoms. The van der Waals surface area contributed by atoms with Crippen LogP contribution in [0, 0.1) is 0 Å². The standard InChI is InChI=1S/C11H15N3O2/c1-2-16-11(15)9-7-5-3-4-6-8-10-13-14-12/h3-7,9H,2,8,10H2,1H3/b5-3+,6-4+,9-7+. The Morgan fingerprint density at radius 1 is 1.38 bits per heavy atom. The second-order valence-electron chi connectivity index (χ2n) is 2.67. The number of allylic oxidation sites excluding steroid dienone is 4. The first kappa shape index (κ1) is 14.0. The predicted octanol–water partition coefficient (Wildman–Crippen LogP) is 2.92. The molecule has 5 heteroatoms. The van der Waals surface area contributed by atoms with Gasteiger partial charge in [-0.1, -0.05) is 35.5 Å². The quantitative estimate of drug-likeness (QED) is 0.126. The molecule has 0 aromatic rings. The number of carbonyl (C=O) groups is 1. The summed E-state index contributed by atoms with van der Waals surface area (Å²) in [4.78, 5) is 13.5. The van der Waals surface area contributed by atoms with Gasteiger partial charge in [0.05, 0.1) is 6.61 Å². The number of nitrogens with zero attached hydrogens (tertiary/aromatic N) is 3. The molecule has 86 valence electrons. The van der Waals surface area contributed by atoms with E-state index in [0.29, 0.717) is 19.6 Å². The van der Waals surface area contributed by atoms with Gasteiger partial charge in [0, 0.05) is 17.5 Å². The van der Waals surface area contributed by atoms with E-state index in [2.05, 4.69) is 14.8 Å². The lowest BCUT2D eigenvalue weighted by Crippen LogP contribution is -1.98. The largest absolute Gasteiger partial charge is 0.463 e. The third kappa shape index (κ3) is 10.1. The highest BCUT2D eigenvalue weighted by atomic mass is 16.5. The first-order chi connectivity index (χ1) is 7.81. The number of ether oxygens (including phenoxy) is 1. The predicted molar refractivity (Wildman–Crippen MR) is 62.7 cm³/mol. The van der Waals surface area contributed by atoms with Gasteiger partial charge in [-0.3, -0.25) is 0 Å². The molecule has 0 saturated heterocycles. The Bertz CT molecular complexity index is 326. The van der Waals surface area contributed by atoms with Crippen LogP contribution in [0.25, 0.3) is 10.4 Å². The number of hydrogen-bond acceptors (Lipinski definition) is 3. The van der Waals surface area contributed by atoms with E-state index in [-0.39, 0.29) is 5.97 Å². The molecule has 5 nitrogen and oxygen atoms in total. The van der Waals surface area contributed by atoms with E-state index >= 15 is 0 Å². The molecular formula is C11H15N3O2. The summed E-state index contributed by atoms with van der Waals surface area (Å²) in [6.45, 7) is 2.60. The van der Waals surface area contributed by atoms with Crippen molar-refractivity contribution < 1.29 is 9.53 Å². The van der Waals surface area contributed by atoms with Gasteiger partial charge in [0.15, 0.2) is 0 Å². The van der Waals surface area contributed by atoms with Crippen LogP contribution in [0.4, 0.5) is 0 Å². The minimum absolute atomic E-state index is 0.348. The molecule has 0 amide bonds. The van der Waals surface area contributed by atoms with Crippen LogP contribution in [0.3, 0.4) is 0 Å². The van der Waals surface area contributed by atoms with Crippen molar-refractivity contribution in [1.29, 1.82) is 0 Å². The van der Waals surface area contributed by atoms with Crippen LogP contribution in [-0.2, 0) is 9.53 Å². The molecule has 16 heavy (non-hydrogen) atoms. The summed E-state index contributed by atoms with van der Waals surface area (Å²) in [6.07, 6.45) is 10.9. The Hall–Kier alpha value is -2.00. The van der Waals surface area contributed by atoms with Crippen molar-refractivity contribution >= 4 is 5.97 Å². The molecule has 0 spiro atoms. The van der Waals surface area contributed by atoms with Crippen LogP contribution in [-0.4, -0.2) is 19.1 Å². The minimum atomic E-state index is -0.348. The minimum Gasteiger partial charge on any atom is -0.463 e. The Kier molecular flexibility index (Phi) is 9.69. The molecule has 0 aromatic heterocycles. The van der Waals surface area contributed by atoms with Gasteiger partial charge in [-0.15, -0.1) is 0 Å². The van der Waals surface area contributed by atoms with Gasteiger partial charge in [0.2, 0.25) is 0 Å². The molecule has 0 N–H and O–H groups in total. The van der Waals surface area contributed by atoms with Crippen LogP contribution in [0.1, 0.15) is 13.3 Å². The SMILES string of the molecule is CCOC(=O)/C=C/C=C/C=C/CCN=[N+]=[N-]. The molecular weight excluding hydrogens is 206 g/mol. The van der Waals surface area contributed by atoms with Gasteiger partial charge in [0.25, 0.3) is 0 Å². The van der Waals surface area contributed by atoms with Gasteiger partial charge in [-0.05, 0) is 18.9 Å². The molecule has 0 aliphatic rings. The van der Waals surface area contributed by atoms with Crippen molar-refractivity contribution in [3.63, 3.8) is 0 Å². The van der Waals surface area contributed by atoms with Gasteiger partial charge in [-0.25, -0.2) is 4.79 Å². The Morgan fingerprint density at radius 2 is 2.12 bits per heavy atom. The van der Waals surface area contributed by atoms with Crippen molar-refractivity contribution in [3.05, 3.63) is 46.9 Å². The van der Waals surface area contributed by atoms with E-state index < -0.39 is 0 Å². The molecule has 0 radical (unpaired) electrons. The zero-order chi connectivity index (χ0) is 12.1. The first-order valence-corrected chi connectivity index (χ1v) is 4.98. The molecule has 0 aliphatic heterocycles. The maximum absolute atomic E-state index is 10.8. The number of carbonyl (C=O) groups excluding carboxylic acids is 1. The van der Waals surface area contributed by atoms with E-state index in [1.54, 1.807) is 25.2 Å².